The summed E-state index contributed by atoms with van der Waals surface area (Å²) in [6.07, 6.45) is 4.73. The van der Waals surface area contributed by atoms with Crippen molar-refractivity contribution in [2.24, 2.45) is 0 Å². The van der Waals surface area contributed by atoms with E-state index in [4.69, 9.17) is 5.11 Å². The zero-order valence-electron chi connectivity index (χ0n) is 9.07. The zero-order chi connectivity index (χ0) is 11.1. The summed E-state index contributed by atoms with van der Waals surface area (Å²) in [5.41, 5.74) is 2.22. The van der Waals surface area contributed by atoms with Gasteiger partial charge < -0.3 is 10.4 Å². The SMILES string of the molecule is O=C(O)c1nn(C2CCCC2)c2c1CNC2. The molecular weight excluding hydrogens is 206 g/mol. The average Bonchev–Trinajstić information content (AvgIpc) is 2.93. The van der Waals surface area contributed by atoms with Gasteiger partial charge in [-0.15, -0.1) is 0 Å². The highest BCUT2D eigenvalue weighted by Gasteiger charge is 2.29. The van der Waals surface area contributed by atoms with Crippen LogP contribution in [0.2, 0.25) is 0 Å². The molecular formula is C11H15N3O2. The van der Waals surface area contributed by atoms with Gasteiger partial charge in [-0.2, -0.15) is 5.10 Å². The molecule has 0 radical (unpaired) electrons. The highest BCUT2D eigenvalue weighted by Crippen LogP contribution is 2.32. The number of carboxylic acid groups (broad SMARTS) is 1. The molecule has 0 bridgehead atoms. The van der Waals surface area contributed by atoms with E-state index in [-0.39, 0.29) is 5.69 Å². The number of carboxylic acids is 1. The van der Waals surface area contributed by atoms with Crippen LogP contribution in [0, 0.1) is 0 Å². The van der Waals surface area contributed by atoms with E-state index in [1.165, 1.54) is 12.8 Å². The molecule has 2 aliphatic rings. The van der Waals surface area contributed by atoms with Crippen LogP contribution in [0.5, 0.6) is 0 Å². The third kappa shape index (κ3) is 1.35. The molecule has 5 nitrogen and oxygen atoms in total. The maximum absolute atomic E-state index is 11.1. The Labute approximate surface area is 93.5 Å². The van der Waals surface area contributed by atoms with Crippen LogP contribution in [0.1, 0.15) is 53.5 Å². The smallest absolute Gasteiger partial charge is 0.356 e. The minimum atomic E-state index is -0.906. The number of nitrogens with one attached hydrogen (secondary N) is 1. The molecule has 1 aromatic heterocycles. The second-order valence-corrected chi connectivity index (χ2v) is 4.57. The summed E-state index contributed by atoms with van der Waals surface area (Å²) in [6, 6.07) is 0.418. The molecule has 5 heteroatoms. The van der Waals surface area contributed by atoms with Crippen LogP contribution >= 0.6 is 0 Å². The molecule has 0 spiro atoms. The van der Waals surface area contributed by atoms with Gasteiger partial charge in [0.25, 0.3) is 0 Å². The van der Waals surface area contributed by atoms with Crippen molar-refractivity contribution in [1.29, 1.82) is 0 Å². The van der Waals surface area contributed by atoms with Gasteiger partial charge in [-0.1, -0.05) is 12.8 Å². The number of aromatic carboxylic acids is 1. The average molecular weight is 221 g/mol. The van der Waals surface area contributed by atoms with E-state index < -0.39 is 5.97 Å². The number of carbonyl (C=O) groups is 1. The molecule has 1 aliphatic heterocycles. The van der Waals surface area contributed by atoms with Crippen LogP contribution in [-0.4, -0.2) is 20.9 Å². The van der Waals surface area contributed by atoms with Crippen molar-refractivity contribution >= 4 is 5.97 Å². The second-order valence-electron chi connectivity index (χ2n) is 4.57. The van der Waals surface area contributed by atoms with Gasteiger partial charge in [0.05, 0.1) is 11.7 Å². The lowest BCUT2D eigenvalue weighted by molar-refractivity contribution is 0.0688. The Bertz CT molecular complexity index is 433. The number of nitrogens with zero attached hydrogens (tertiary/aromatic N) is 2. The van der Waals surface area contributed by atoms with Gasteiger partial charge in [0, 0.05) is 18.7 Å². The molecule has 1 saturated carbocycles. The molecule has 2 N–H and O–H groups in total. The van der Waals surface area contributed by atoms with Gasteiger partial charge in [-0.25, -0.2) is 4.79 Å². The molecule has 2 heterocycles. The number of hydrogen-bond donors (Lipinski definition) is 2. The maximum Gasteiger partial charge on any atom is 0.356 e. The van der Waals surface area contributed by atoms with Gasteiger partial charge in [0.1, 0.15) is 0 Å². The molecule has 0 atom stereocenters. The van der Waals surface area contributed by atoms with Crippen molar-refractivity contribution in [3.63, 3.8) is 0 Å². The van der Waals surface area contributed by atoms with Gasteiger partial charge >= 0.3 is 5.97 Å². The Hall–Kier alpha value is -1.36. The topological polar surface area (TPSA) is 67.1 Å². The predicted octanol–water partition coefficient (Wildman–Crippen LogP) is 1.30. The molecule has 0 unspecified atom stereocenters. The first kappa shape index (κ1) is 9.84. The molecule has 86 valence electrons. The lowest BCUT2D eigenvalue weighted by Crippen LogP contribution is -2.14. The second kappa shape index (κ2) is 3.59. The third-order valence-corrected chi connectivity index (χ3v) is 3.59. The molecule has 1 aromatic rings. The number of aromatic nitrogens is 2. The largest absolute Gasteiger partial charge is 0.476 e. The first-order valence-electron chi connectivity index (χ1n) is 5.81. The summed E-state index contributed by atoms with van der Waals surface area (Å²) >= 11 is 0. The van der Waals surface area contributed by atoms with E-state index >= 15 is 0 Å². The molecule has 3 rings (SSSR count). The fraction of sp³-hybridized carbons (Fsp3) is 0.636. The first-order valence-corrected chi connectivity index (χ1v) is 5.81. The molecule has 0 saturated heterocycles. The highest BCUT2D eigenvalue weighted by atomic mass is 16.4. The van der Waals surface area contributed by atoms with Gasteiger partial charge in [0.2, 0.25) is 0 Å². The van der Waals surface area contributed by atoms with Crippen LogP contribution in [0.25, 0.3) is 0 Å². The van der Waals surface area contributed by atoms with Crippen LogP contribution in [0.15, 0.2) is 0 Å². The third-order valence-electron chi connectivity index (χ3n) is 3.59. The molecule has 0 amide bonds. The fourth-order valence-corrected chi connectivity index (χ4v) is 2.81. The van der Waals surface area contributed by atoms with Crippen molar-refractivity contribution in [2.75, 3.05) is 0 Å². The van der Waals surface area contributed by atoms with Crippen molar-refractivity contribution < 1.29 is 9.90 Å². The molecule has 1 fully saturated rings. The molecule has 1 aliphatic carbocycles. The molecule has 16 heavy (non-hydrogen) atoms. The first-order chi connectivity index (χ1) is 7.77. The van der Waals surface area contributed by atoms with Crippen LogP contribution in [-0.2, 0) is 13.1 Å². The summed E-state index contributed by atoms with van der Waals surface area (Å²) in [5, 5.41) is 16.6. The monoisotopic (exact) mass is 221 g/mol. The van der Waals surface area contributed by atoms with E-state index in [1.807, 2.05) is 4.68 Å². The lowest BCUT2D eigenvalue weighted by Gasteiger charge is -2.12. The Balaban J connectivity index is 2.05. The minimum absolute atomic E-state index is 0.243. The van der Waals surface area contributed by atoms with Gasteiger partial charge in [-0.3, -0.25) is 4.68 Å². The van der Waals surface area contributed by atoms with Gasteiger partial charge in [-0.05, 0) is 12.8 Å². The Morgan fingerprint density at radius 1 is 1.38 bits per heavy atom. The standard InChI is InChI=1S/C11H15N3O2/c15-11(16)10-8-5-12-6-9(8)14(13-10)7-3-1-2-4-7/h7,12H,1-6H2,(H,15,16). The van der Waals surface area contributed by atoms with Crippen molar-refractivity contribution in [1.82, 2.24) is 15.1 Å². The Kier molecular flexibility index (Phi) is 2.21. The van der Waals surface area contributed by atoms with Crippen molar-refractivity contribution in [2.45, 2.75) is 44.8 Å². The van der Waals surface area contributed by atoms with Crippen LogP contribution < -0.4 is 5.32 Å². The summed E-state index contributed by atoms with van der Waals surface area (Å²) < 4.78 is 1.96. The van der Waals surface area contributed by atoms with Crippen molar-refractivity contribution in [3.05, 3.63) is 17.0 Å². The predicted molar refractivity (Wildman–Crippen MR) is 57.2 cm³/mol. The normalized spacial score (nSPS) is 20.2. The Morgan fingerprint density at radius 2 is 2.12 bits per heavy atom. The zero-order valence-corrected chi connectivity index (χ0v) is 9.07. The number of rotatable bonds is 2. The Morgan fingerprint density at radius 3 is 2.81 bits per heavy atom. The minimum Gasteiger partial charge on any atom is -0.476 e. The quantitative estimate of drug-likeness (QED) is 0.790. The van der Waals surface area contributed by atoms with Crippen molar-refractivity contribution in [3.8, 4) is 0 Å². The summed E-state index contributed by atoms with van der Waals surface area (Å²) in [4.78, 5) is 11.1. The molecule has 0 aromatic carbocycles. The summed E-state index contributed by atoms with van der Waals surface area (Å²) in [7, 11) is 0. The van der Waals surface area contributed by atoms with Gasteiger partial charge in [0.15, 0.2) is 5.69 Å². The summed E-state index contributed by atoms with van der Waals surface area (Å²) in [5.74, 6) is -0.906. The highest BCUT2D eigenvalue weighted by molar-refractivity contribution is 5.87. The van der Waals surface area contributed by atoms with E-state index in [2.05, 4.69) is 10.4 Å². The van der Waals surface area contributed by atoms with E-state index in [1.54, 1.807) is 0 Å². The summed E-state index contributed by atoms with van der Waals surface area (Å²) in [6.45, 7) is 1.40. The maximum atomic E-state index is 11.1. The van der Waals surface area contributed by atoms with Crippen LogP contribution in [0.4, 0.5) is 0 Å². The number of fused-ring (bicyclic) bond motifs is 1. The fourth-order valence-electron chi connectivity index (χ4n) is 2.81. The van der Waals surface area contributed by atoms with Crippen LogP contribution in [0.3, 0.4) is 0 Å². The lowest BCUT2D eigenvalue weighted by atomic mass is 10.2. The van der Waals surface area contributed by atoms with E-state index in [0.29, 0.717) is 12.6 Å². The van der Waals surface area contributed by atoms with E-state index in [0.717, 1.165) is 30.6 Å². The number of hydrogen-bond acceptors (Lipinski definition) is 3. The van der Waals surface area contributed by atoms with E-state index in [9.17, 15) is 4.79 Å².